The average Bonchev–Trinajstić information content (AvgIpc) is 2.99. The predicted octanol–water partition coefficient (Wildman–Crippen LogP) is 3.95. The van der Waals surface area contributed by atoms with E-state index in [9.17, 15) is 9.59 Å². The maximum atomic E-state index is 13.3. The van der Waals surface area contributed by atoms with Crippen LogP contribution in [-0.2, 0) is 22.5 Å². The van der Waals surface area contributed by atoms with Crippen LogP contribution < -0.4 is 5.56 Å². The number of thiophene rings is 1. The van der Waals surface area contributed by atoms with E-state index in [0.29, 0.717) is 31.2 Å². The zero-order valence-electron chi connectivity index (χ0n) is 15.2. The highest BCUT2D eigenvalue weighted by Gasteiger charge is 2.19. The smallest absolute Gasteiger partial charge is 0.305 e. The zero-order chi connectivity index (χ0) is 18.7. The normalized spacial score (nSPS) is 11.0. The predicted molar refractivity (Wildman–Crippen MR) is 105 cm³/mol. The number of esters is 1. The third-order valence-corrected chi connectivity index (χ3v) is 5.43. The molecule has 0 aliphatic rings. The minimum absolute atomic E-state index is 0.0279. The molecular weight excluding hydrogens is 348 g/mol. The summed E-state index contributed by atoms with van der Waals surface area (Å²) >= 11 is 1.56. The van der Waals surface area contributed by atoms with Crippen molar-refractivity contribution in [2.24, 2.45) is 0 Å². The van der Waals surface area contributed by atoms with Crippen LogP contribution in [0.15, 0.2) is 35.1 Å². The van der Waals surface area contributed by atoms with Gasteiger partial charge in [-0.1, -0.05) is 37.3 Å². The number of ether oxygens (including phenoxy) is 1. The Labute approximate surface area is 156 Å². The molecule has 0 fully saturated rings. The molecule has 136 valence electrons. The van der Waals surface area contributed by atoms with E-state index < -0.39 is 0 Å². The minimum atomic E-state index is -0.263. The fraction of sp³-hybridized carbons (Fsp3) is 0.350. The highest BCUT2D eigenvalue weighted by atomic mass is 32.1. The van der Waals surface area contributed by atoms with Crippen molar-refractivity contribution in [3.63, 3.8) is 0 Å². The van der Waals surface area contributed by atoms with Gasteiger partial charge in [0.1, 0.15) is 10.7 Å². The Bertz CT molecular complexity index is 990. The summed E-state index contributed by atoms with van der Waals surface area (Å²) in [5.41, 5.74) is 1.97. The van der Waals surface area contributed by atoms with Crippen LogP contribution in [0.4, 0.5) is 0 Å². The molecule has 0 unspecified atom stereocenters. The van der Waals surface area contributed by atoms with E-state index in [1.807, 2.05) is 44.2 Å². The van der Waals surface area contributed by atoms with Gasteiger partial charge >= 0.3 is 5.97 Å². The molecule has 0 aliphatic carbocycles. The second kappa shape index (κ2) is 7.83. The molecule has 3 rings (SSSR count). The molecule has 1 aromatic carbocycles. The summed E-state index contributed by atoms with van der Waals surface area (Å²) in [6.07, 6.45) is 1.51. The minimum Gasteiger partial charge on any atom is -0.469 e. The van der Waals surface area contributed by atoms with Gasteiger partial charge in [0.15, 0.2) is 0 Å². The van der Waals surface area contributed by atoms with Gasteiger partial charge in [0.2, 0.25) is 0 Å². The maximum Gasteiger partial charge on any atom is 0.305 e. The third-order valence-electron chi connectivity index (χ3n) is 4.44. The molecule has 6 heteroatoms. The van der Waals surface area contributed by atoms with Crippen molar-refractivity contribution in [1.29, 1.82) is 0 Å². The van der Waals surface area contributed by atoms with Crippen molar-refractivity contribution in [1.82, 2.24) is 9.55 Å². The summed E-state index contributed by atoms with van der Waals surface area (Å²) in [5, 5.41) is 0.675. The molecule has 0 spiro atoms. The Morgan fingerprint density at radius 2 is 2.00 bits per heavy atom. The SMILES string of the molecule is CCc1nc2sc(C)c(-c3ccccc3)c2c(=O)n1CCCC(=O)OC. The van der Waals surface area contributed by atoms with Crippen LogP contribution >= 0.6 is 11.3 Å². The number of aromatic nitrogens is 2. The molecule has 2 heterocycles. The molecule has 3 aromatic rings. The molecule has 0 atom stereocenters. The number of hydrogen-bond acceptors (Lipinski definition) is 5. The van der Waals surface area contributed by atoms with Gasteiger partial charge in [-0.05, 0) is 18.9 Å². The first-order valence-electron chi connectivity index (χ1n) is 8.71. The maximum absolute atomic E-state index is 13.3. The molecule has 0 saturated heterocycles. The molecule has 0 N–H and O–H groups in total. The number of fused-ring (bicyclic) bond motifs is 1. The summed E-state index contributed by atoms with van der Waals surface area (Å²) in [6.45, 7) is 4.48. The summed E-state index contributed by atoms with van der Waals surface area (Å²) in [7, 11) is 1.37. The van der Waals surface area contributed by atoms with Gasteiger partial charge in [0.05, 0.1) is 12.5 Å². The molecular formula is C20H22N2O3S. The van der Waals surface area contributed by atoms with Crippen LogP contribution in [-0.4, -0.2) is 22.6 Å². The first kappa shape index (κ1) is 18.3. The number of methoxy groups -OCH3 is 1. The van der Waals surface area contributed by atoms with E-state index in [4.69, 9.17) is 4.98 Å². The Morgan fingerprint density at radius 1 is 1.27 bits per heavy atom. The van der Waals surface area contributed by atoms with Crippen molar-refractivity contribution in [3.8, 4) is 11.1 Å². The van der Waals surface area contributed by atoms with Crippen molar-refractivity contribution in [3.05, 3.63) is 51.4 Å². The number of carbonyl (C=O) groups is 1. The quantitative estimate of drug-likeness (QED) is 0.617. The second-order valence-electron chi connectivity index (χ2n) is 6.10. The van der Waals surface area contributed by atoms with Gasteiger partial charge in [-0.15, -0.1) is 11.3 Å². The molecule has 5 nitrogen and oxygen atoms in total. The van der Waals surface area contributed by atoms with Gasteiger partial charge in [0, 0.05) is 29.8 Å². The summed E-state index contributed by atoms with van der Waals surface area (Å²) in [4.78, 5) is 31.3. The lowest BCUT2D eigenvalue weighted by atomic mass is 10.0. The number of aryl methyl sites for hydroxylation is 2. The largest absolute Gasteiger partial charge is 0.469 e. The van der Waals surface area contributed by atoms with E-state index in [0.717, 1.165) is 26.7 Å². The summed E-state index contributed by atoms with van der Waals surface area (Å²) in [6, 6.07) is 9.94. The molecule has 2 aromatic heterocycles. The number of benzene rings is 1. The molecule has 0 bridgehead atoms. The molecule has 26 heavy (non-hydrogen) atoms. The number of rotatable bonds is 6. The van der Waals surface area contributed by atoms with Gasteiger partial charge in [-0.2, -0.15) is 0 Å². The lowest BCUT2D eigenvalue weighted by molar-refractivity contribution is -0.140. The monoisotopic (exact) mass is 370 g/mol. The van der Waals surface area contributed by atoms with Gasteiger partial charge in [-0.3, -0.25) is 14.2 Å². The molecule has 0 radical (unpaired) electrons. The van der Waals surface area contributed by atoms with Gasteiger partial charge in [-0.25, -0.2) is 4.98 Å². The van der Waals surface area contributed by atoms with Crippen molar-refractivity contribution in [2.45, 2.75) is 39.7 Å². The zero-order valence-corrected chi connectivity index (χ0v) is 16.1. The van der Waals surface area contributed by atoms with E-state index >= 15 is 0 Å². The lowest BCUT2D eigenvalue weighted by Gasteiger charge is -2.11. The number of nitrogens with zero attached hydrogens (tertiary/aromatic N) is 2. The second-order valence-corrected chi connectivity index (χ2v) is 7.30. The van der Waals surface area contributed by atoms with Crippen molar-refractivity contribution < 1.29 is 9.53 Å². The Hall–Kier alpha value is -2.47. The third kappa shape index (κ3) is 3.42. The Morgan fingerprint density at radius 3 is 2.65 bits per heavy atom. The van der Waals surface area contributed by atoms with Crippen LogP contribution in [0.1, 0.15) is 30.5 Å². The summed E-state index contributed by atoms with van der Waals surface area (Å²) < 4.78 is 6.40. The van der Waals surface area contributed by atoms with E-state index in [2.05, 4.69) is 4.74 Å². The van der Waals surface area contributed by atoms with E-state index in [1.165, 1.54) is 7.11 Å². The van der Waals surface area contributed by atoms with Crippen LogP contribution in [0.5, 0.6) is 0 Å². The lowest BCUT2D eigenvalue weighted by Crippen LogP contribution is -2.25. The first-order valence-corrected chi connectivity index (χ1v) is 9.53. The van der Waals surface area contributed by atoms with Crippen LogP contribution in [0.3, 0.4) is 0 Å². The number of carbonyl (C=O) groups excluding carboxylic acids is 1. The van der Waals surface area contributed by atoms with Crippen molar-refractivity contribution >= 4 is 27.5 Å². The molecule has 0 aliphatic heterocycles. The average molecular weight is 370 g/mol. The standard InChI is InChI=1S/C20H22N2O3S/c1-4-15-21-19-18(20(24)22(15)12-8-11-16(23)25-3)17(13(2)26-19)14-9-6-5-7-10-14/h5-7,9-10H,4,8,11-12H2,1-3H3. The first-order chi connectivity index (χ1) is 12.6. The molecule has 0 amide bonds. The van der Waals surface area contributed by atoms with E-state index in [-0.39, 0.29) is 11.5 Å². The number of hydrogen-bond donors (Lipinski definition) is 0. The Kier molecular flexibility index (Phi) is 5.52. The van der Waals surface area contributed by atoms with E-state index in [1.54, 1.807) is 15.9 Å². The fourth-order valence-electron chi connectivity index (χ4n) is 3.17. The van der Waals surface area contributed by atoms with Crippen LogP contribution in [0.2, 0.25) is 0 Å². The topological polar surface area (TPSA) is 61.2 Å². The van der Waals surface area contributed by atoms with Gasteiger partial charge < -0.3 is 4.74 Å². The highest BCUT2D eigenvalue weighted by Crippen LogP contribution is 2.35. The van der Waals surface area contributed by atoms with Crippen LogP contribution in [0.25, 0.3) is 21.3 Å². The summed E-state index contributed by atoms with van der Waals surface area (Å²) in [5.74, 6) is 0.495. The Balaban J connectivity index is 2.12. The van der Waals surface area contributed by atoms with Crippen LogP contribution in [0, 0.1) is 6.92 Å². The van der Waals surface area contributed by atoms with Crippen molar-refractivity contribution in [2.75, 3.05) is 7.11 Å². The van der Waals surface area contributed by atoms with Gasteiger partial charge in [0.25, 0.3) is 5.56 Å². The molecule has 0 saturated carbocycles. The highest BCUT2D eigenvalue weighted by molar-refractivity contribution is 7.19. The fourth-order valence-corrected chi connectivity index (χ4v) is 4.23.